The number of benzene rings is 1. The summed E-state index contributed by atoms with van der Waals surface area (Å²) in [5.41, 5.74) is 1.44. The van der Waals surface area contributed by atoms with E-state index < -0.39 is 0 Å². The van der Waals surface area contributed by atoms with E-state index in [1.54, 1.807) is 0 Å². The van der Waals surface area contributed by atoms with Crippen molar-refractivity contribution in [1.82, 2.24) is 5.32 Å². The molecule has 0 bridgehead atoms. The first-order chi connectivity index (χ1) is 8.85. The van der Waals surface area contributed by atoms with Crippen LogP contribution in [0.2, 0.25) is 0 Å². The molecular formula is C16H25NS. The van der Waals surface area contributed by atoms with Crippen LogP contribution in [0.15, 0.2) is 30.3 Å². The minimum absolute atomic E-state index is 0.523. The molecule has 1 saturated carbocycles. The molecule has 0 saturated heterocycles. The lowest BCUT2D eigenvalue weighted by Crippen LogP contribution is -2.40. The molecule has 18 heavy (non-hydrogen) atoms. The predicted molar refractivity (Wildman–Crippen MR) is 82.3 cm³/mol. The van der Waals surface area contributed by atoms with Crippen molar-refractivity contribution in [2.45, 2.75) is 43.3 Å². The molecule has 0 amide bonds. The molecule has 0 atom stereocenters. The molecule has 2 heteroatoms. The second-order valence-corrected chi connectivity index (χ2v) is 6.63. The Morgan fingerprint density at radius 2 is 1.83 bits per heavy atom. The first kappa shape index (κ1) is 14.0. The third-order valence-corrected chi connectivity index (χ3v) is 5.50. The summed E-state index contributed by atoms with van der Waals surface area (Å²) in [7, 11) is 0. The van der Waals surface area contributed by atoms with Gasteiger partial charge in [0.2, 0.25) is 0 Å². The maximum Gasteiger partial charge on any atom is 0.0281 e. The lowest BCUT2D eigenvalue weighted by Gasteiger charge is -2.36. The third-order valence-electron chi connectivity index (χ3n) is 4.08. The fourth-order valence-corrected chi connectivity index (χ4v) is 3.79. The maximum absolute atomic E-state index is 3.67. The highest BCUT2D eigenvalue weighted by molar-refractivity contribution is 8.00. The SMILES string of the molecule is CSC1(CNCCc2ccccc2)CCCCC1. The van der Waals surface area contributed by atoms with Gasteiger partial charge in [-0.2, -0.15) is 11.8 Å². The van der Waals surface area contributed by atoms with Crippen LogP contribution >= 0.6 is 11.8 Å². The highest BCUT2D eigenvalue weighted by Crippen LogP contribution is 2.37. The molecule has 1 aliphatic rings. The Morgan fingerprint density at radius 3 is 2.50 bits per heavy atom. The third kappa shape index (κ3) is 4.03. The molecule has 1 aromatic rings. The van der Waals surface area contributed by atoms with E-state index in [1.165, 1.54) is 44.2 Å². The topological polar surface area (TPSA) is 12.0 Å². The summed E-state index contributed by atoms with van der Waals surface area (Å²) in [6.07, 6.45) is 10.5. The summed E-state index contributed by atoms with van der Waals surface area (Å²) in [5, 5.41) is 3.67. The van der Waals surface area contributed by atoms with Crippen LogP contribution in [0.3, 0.4) is 0 Å². The standard InChI is InChI=1S/C16H25NS/c1-18-16(11-6-3-7-12-16)14-17-13-10-15-8-4-2-5-9-15/h2,4-5,8-9,17H,3,6-7,10-14H2,1H3. The highest BCUT2D eigenvalue weighted by atomic mass is 32.2. The minimum Gasteiger partial charge on any atom is -0.315 e. The quantitative estimate of drug-likeness (QED) is 0.782. The summed E-state index contributed by atoms with van der Waals surface area (Å²) in [5.74, 6) is 0. The van der Waals surface area contributed by atoms with E-state index >= 15 is 0 Å². The Morgan fingerprint density at radius 1 is 1.11 bits per heavy atom. The van der Waals surface area contributed by atoms with Gasteiger partial charge < -0.3 is 5.32 Å². The molecule has 1 N–H and O–H groups in total. The van der Waals surface area contributed by atoms with Crippen molar-refractivity contribution in [3.63, 3.8) is 0 Å². The molecule has 1 aromatic carbocycles. The molecule has 0 aliphatic heterocycles. The number of rotatable bonds is 6. The smallest absolute Gasteiger partial charge is 0.0281 e. The van der Waals surface area contributed by atoms with E-state index in [9.17, 15) is 0 Å². The van der Waals surface area contributed by atoms with E-state index in [2.05, 4.69) is 53.7 Å². The van der Waals surface area contributed by atoms with Crippen LogP contribution in [0.5, 0.6) is 0 Å². The van der Waals surface area contributed by atoms with Crippen molar-refractivity contribution < 1.29 is 0 Å². The molecule has 0 heterocycles. The van der Waals surface area contributed by atoms with Gasteiger partial charge in [-0.05, 0) is 37.6 Å². The Kier molecular flexibility index (Phi) is 5.58. The van der Waals surface area contributed by atoms with Gasteiger partial charge in [0.15, 0.2) is 0 Å². The molecule has 1 fully saturated rings. The largest absolute Gasteiger partial charge is 0.315 e. The van der Waals surface area contributed by atoms with Gasteiger partial charge in [-0.25, -0.2) is 0 Å². The Hall–Kier alpha value is -0.470. The van der Waals surface area contributed by atoms with Gasteiger partial charge in [0.1, 0.15) is 0 Å². The maximum atomic E-state index is 3.67. The number of thioether (sulfide) groups is 1. The van der Waals surface area contributed by atoms with Crippen molar-refractivity contribution in [2.24, 2.45) is 0 Å². The summed E-state index contributed by atoms with van der Waals surface area (Å²) < 4.78 is 0.523. The molecule has 1 aliphatic carbocycles. The Labute approximate surface area is 116 Å². The van der Waals surface area contributed by atoms with Crippen LogP contribution in [0.4, 0.5) is 0 Å². The van der Waals surface area contributed by atoms with Crippen LogP contribution in [-0.2, 0) is 6.42 Å². The molecule has 100 valence electrons. The van der Waals surface area contributed by atoms with Gasteiger partial charge in [0.05, 0.1) is 0 Å². The van der Waals surface area contributed by atoms with Gasteiger partial charge in [-0.1, -0.05) is 49.6 Å². The summed E-state index contributed by atoms with van der Waals surface area (Å²) in [6, 6.07) is 10.8. The number of hydrogen-bond donors (Lipinski definition) is 1. The molecule has 1 nitrogen and oxygen atoms in total. The van der Waals surface area contributed by atoms with Crippen molar-refractivity contribution in [1.29, 1.82) is 0 Å². The predicted octanol–water partition coefficient (Wildman–Crippen LogP) is 3.88. The molecule has 0 radical (unpaired) electrons. The van der Waals surface area contributed by atoms with E-state index in [4.69, 9.17) is 0 Å². The molecule has 0 aromatic heterocycles. The van der Waals surface area contributed by atoms with Crippen LogP contribution in [0.1, 0.15) is 37.7 Å². The first-order valence-corrected chi connectivity index (χ1v) is 8.37. The fourth-order valence-electron chi connectivity index (χ4n) is 2.84. The van der Waals surface area contributed by atoms with Crippen LogP contribution in [-0.4, -0.2) is 24.1 Å². The molecule has 2 rings (SSSR count). The second-order valence-electron chi connectivity index (χ2n) is 5.36. The fraction of sp³-hybridized carbons (Fsp3) is 0.625. The summed E-state index contributed by atoms with van der Waals surface area (Å²) in [4.78, 5) is 0. The zero-order valence-electron chi connectivity index (χ0n) is 11.5. The average molecular weight is 263 g/mol. The molecule has 0 spiro atoms. The van der Waals surface area contributed by atoms with Crippen molar-refractivity contribution in [3.05, 3.63) is 35.9 Å². The van der Waals surface area contributed by atoms with E-state index in [0.717, 1.165) is 13.0 Å². The van der Waals surface area contributed by atoms with E-state index in [0.29, 0.717) is 4.75 Å². The van der Waals surface area contributed by atoms with E-state index in [-0.39, 0.29) is 0 Å². The lowest BCUT2D eigenvalue weighted by atomic mass is 9.88. The van der Waals surface area contributed by atoms with Crippen LogP contribution in [0.25, 0.3) is 0 Å². The van der Waals surface area contributed by atoms with Gasteiger partial charge in [0.25, 0.3) is 0 Å². The van der Waals surface area contributed by atoms with Gasteiger partial charge in [-0.3, -0.25) is 0 Å². The molecule has 0 unspecified atom stereocenters. The Balaban J connectivity index is 1.71. The van der Waals surface area contributed by atoms with Gasteiger partial charge in [0, 0.05) is 11.3 Å². The zero-order valence-corrected chi connectivity index (χ0v) is 12.3. The number of hydrogen-bond acceptors (Lipinski definition) is 2. The normalized spacial score (nSPS) is 18.7. The number of nitrogens with one attached hydrogen (secondary N) is 1. The highest BCUT2D eigenvalue weighted by Gasteiger charge is 2.30. The average Bonchev–Trinajstić information content (AvgIpc) is 2.46. The monoisotopic (exact) mass is 263 g/mol. The second kappa shape index (κ2) is 7.20. The molecular weight excluding hydrogens is 238 g/mol. The van der Waals surface area contributed by atoms with Crippen LogP contribution < -0.4 is 5.32 Å². The summed E-state index contributed by atoms with van der Waals surface area (Å²) >= 11 is 2.08. The van der Waals surface area contributed by atoms with Crippen molar-refractivity contribution in [3.8, 4) is 0 Å². The van der Waals surface area contributed by atoms with Crippen molar-refractivity contribution in [2.75, 3.05) is 19.3 Å². The first-order valence-electron chi connectivity index (χ1n) is 7.14. The van der Waals surface area contributed by atoms with E-state index in [1.807, 2.05) is 0 Å². The van der Waals surface area contributed by atoms with Gasteiger partial charge in [-0.15, -0.1) is 0 Å². The van der Waals surface area contributed by atoms with Crippen LogP contribution in [0, 0.1) is 0 Å². The minimum atomic E-state index is 0.523. The van der Waals surface area contributed by atoms with Crippen molar-refractivity contribution >= 4 is 11.8 Å². The lowest BCUT2D eigenvalue weighted by molar-refractivity contribution is 0.381. The Bertz CT molecular complexity index is 330. The zero-order chi connectivity index (χ0) is 12.7. The summed E-state index contributed by atoms with van der Waals surface area (Å²) in [6.45, 7) is 2.29. The van der Waals surface area contributed by atoms with Gasteiger partial charge >= 0.3 is 0 Å².